The van der Waals surface area contributed by atoms with E-state index in [1.165, 1.54) is 0 Å². The predicted molar refractivity (Wildman–Crippen MR) is 44.8 cm³/mol. The third-order valence-corrected chi connectivity index (χ3v) is 2.86. The molecule has 4 N–H and O–H groups in total. The maximum absolute atomic E-state index is 9.55. The molecule has 4 nitrogen and oxygen atoms in total. The fourth-order valence-electron chi connectivity index (χ4n) is 2.16. The second-order valence-electron chi connectivity index (χ2n) is 3.67. The lowest BCUT2D eigenvalue weighted by molar-refractivity contribution is 0.0913. The van der Waals surface area contributed by atoms with Crippen LogP contribution in [0.25, 0.3) is 0 Å². The number of hydrogen-bond acceptors (Lipinski definition) is 4. The third-order valence-electron chi connectivity index (χ3n) is 2.86. The summed E-state index contributed by atoms with van der Waals surface area (Å²) in [6, 6.07) is 0.0880. The molecule has 2 aliphatic rings. The minimum Gasteiger partial charge on any atom is -0.391 e. The lowest BCUT2D eigenvalue weighted by atomic mass is 10.0. The van der Waals surface area contributed by atoms with E-state index in [-0.39, 0.29) is 24.3 Å². The Bertz CT molecular complexity index is 147. The van der Waals surface area contributed by atoms with Gasteiger partial charge in [-0.25, -0.2) is 0 Å². The second kappa shape index (κ2) is 3.30. The number of nitrogens with one attached hydrogen (secondary N) is 2. The molecule has 4 atom stereocenters. The zero-order valence-electron chi connectivity index (χ0n) is 7.03. The van der Waals surface area contributed by atoms with Crippen molar-refractivity contribution in [1.82, 2.24) is 10.6 Å². The smallest absolute Gasteiger partial charge is 0.0721 e. The molecule has 2 rings (SSSR count). The van der Waals surface area contributed by atoms with Crippen LogP contribution in [0, 0.1) is 0 Å². The Morgan fingerprint density at radius 2 is 1.25 bits per heavy atom. The SMILES string of the molecule is OC1CCNC1C1NCCC1O. The highest BCUT2D eigenvalue weighted by Crippen LogP contribution is 2.17. The minimum atomic E-state index is -0.296. The first-order valence-electron chi connectivity index (χ1n) is 4.62. The van der Waals surface area contributed by atoms with E-state index in [1.54, 1.807) is 0 Å². The molecule has 0 aromatic heterocycles. The van der Waals surface area contributed by atoms with Gasteiger partial charge in [0.1, 0.15) is 0 Å². The molecule has 2 saturated heterocycles. The summed E-state index contributed by atoms with van der Waals surface area (Å²) in [5, 5.41) is 25.5. The first kappa shape index (κ1) is 8.44. The summed E-state index contributed by atoms with van der Waals surface area (Å²) in [4.78, 5) is 0. The van der Waals surface area contributed by atoms with E-state index in [2.05, 4.69) is 10.6 Å². The van der Waals surface area contributed by atoms with Crippen molar-refractivity contribution < 1.29 is 10.2 Å². The molecule has 4 unspecified atom stereocenters. The molecule has 2 fully saturated rings. The first-order chi connectivity index (χ1) is 5.79. The van der Waals surface area contributed by atoms with Crippen LogP contribution in [0.15, 0.2) is 0 Å². The molecular weight excluding hydrogens is 156 g/mol. The van der Waals surface area contributed by atoms with Gasteiger partial charge in [0.05, 0.1) is 24.3 Å². The summed E-state index contributed by atoms with van der Waals surface area (Å²) in [5.41, 5.74) is 0. The van der Waals surface area contributed by atoms with Crippen LogP contribution in [0.4, 0.5) is 0 Å². The summed E-state index contributed by atoms with van der Waals surface area (Å²) >= 11 is 0. The molecule has 0 bridgehead atoms. The van der Waals surface area contributed by atoms with Crippen molar-refractivity contribution in [3.63, 3.8) is 0 Å². The molecule has 0 spiro atoms. The van der Waals surface area contributed by atoms with Gasteiger partial charge in [-0.15, -0.1) is 0 Å². The Labute approximate surface area is 72.0 Å². The fourth-order valence-corrected chi connectivity index (χ4v) is 2.16. The minimum absolute atomic E-state index is 0.0440. The van der Waals surface area contributed by atoms with Gasteiger partial charge in [-0.1, -0.05) is 0 Å². The van der Waals surface area contributed by atoms with E-state index in [4.69, 9.17) is 0 Å². The van der Waals surface area contributed by atoms with Crippen LogP contribution in [-0.2, 0) is 0 Å². The molecule has 0 saturated carbocycles. The van der Waals surface area contributed by atoms with Crippen LogP contribution in [0.5, 0.6) is 0 Å². The van der Waals surface area contributed by atoms with Crippen molar-refractivity contribution in [3.05, 3.63) is 0 Å². The summed E-state index contributed by atoms with van der Waals surface area (Å²) in [6.45, 7) is 1.72. The van der Waals surface area contributed by atoms with E-state index in [0.29, 0.717) is 0 Å². The zero-order valence-corrected chi connectivity index (χ0v) is 7.03. The quantitative estimate of drug-likeness (QED) is 0.386. The fraction of sp³-hybridized carbons (Fsp3) is 1.00. The number of aliphatic hydroxyl groups is 2. The second-order valence-corrected chi connectivity index (χ2v) is 3.67. The summed E-state index contributed by atoms with van der Waals surface area (Å²) in [5.74, 6) is 0. The van der Waals surface area contributed by atoms with Crippen molar-refractivity contribution in [2.24, 2.45) is 0 Å². The topological polar surface area (TPSA) is 64.5 Å². The standard InChI is InChI=1S/C8H16N2O2/c11-5-1-3-9-7(5)8-6(12)2-4-10-8/h5-12H,1-4H2. The Morgan fingerprint density at radius 3 is 1.50 bits per heavy atom. The van der Waals surface area contributed by atoms with Gasteiger partial charge in [-0.3, -0.25) is 0 Å². The Balaban J connectivity index is 1.98. The monoisotopic (exact) mass is 172 g/mol. The molecule has 0 aliphatic carbocycles. The third kappa shape index (κ3) is 1.35. The maximum Gasteiger partial charge on any atom is 0.0721 e. The van der Waals surface area contributed by atoms with Crippen LogP contribution >= 0.6 is 0 Å². The zero-order chi connectivity index (χ0) is 8.55. The van der Waals surface area contributed by atoms with Crippen molar-refractivity contribution in [3.8, 4) is 0 Å². The largest absolute Gasteiger partial charge is 0.391 e. The van der Waals surface area contributed by atoms with Crippen molar-refractivity contribution in [2.75, 3.05) is 13.1 Å². The molecule has 0 aromatic carbocycles. The van der Waals surface area contributed by atoms with E-state index in [1.807, 2.05) is 0 Å². The van der Waals surface area contributed by atoms with E-state index >= 15 is 0 Å². The van der Waals surface area contributed by atoms with Gasteiger partial charge in [0.15, 0.2) is 0 Å². The van der Waals surface area contributed by atoms with Gasteiger partial charge in [0.25, 0.3) is 0 Å². The van der Waals surface area contributed by atoms with Crippen LogP contribution in [0.1, 0.15) is 12.8 Å². The Kier molecular flexibility index (Phi) is 2.32. The van der Waals surface area contributed by atoms with Crippen molar-refractivity contribution >= 4 is 0 Å². The van der Waals surface area contributed by atoms with Gasteiger partial charge in [-0.2, -0.15) is 0 Å². The molecule has 70 valence electrons. The van der Waals surface area contributed by atoms with Gasteiger partial charge >= 0.3 is 0 Å². The first-order valence-corrected chi connectivity index (χ1v) is 4.62. The number of aliphatic hydroxyl groups excluding tert-OH is 2. The van der Waals surface area contributed by atoms with Gasteiger partial charge in [0, 0.05) is 0 Å². The van der Waals surface area contributed by atoms with E-state index < -0.39 is 0 Å². The van der Waals surface area contributed by atoms with Gasteiger partial charge in [-0.05, 0) is 25.9 Å². The van der Waals surface area contributed by atoms with E-state index in [0.717, 1.165) is 25.9 Å². The van der Waals surface area contributed by atoms with Crippen LogP contribution in [0.3, 0.4) is 0 Å². The van der Waals surface area contributed by atoms with E-state index in [9.17, 15) is 10.2 Å². The molecule has 0 radical (unpaired) electrons. The lowest BCUT2D eigenvalue weighted by Crippen LogP contribution is -2.51. The summed E-state index contributed by atoms with van der Waals surface area (Å²) in [6.07, 6.45) is 1.01. The average molecular weight is 172 g/mol. The van der Waals surface area contributed by atoms with Gasteiger partial charge in [0.2, 0.25) is 0 Å². The summed E-state index contributed by atoms with van der Waals surface area (Å²) < 4.78 is 0. The highest BCUT2D eigenvalue weighted by molar-refractivity contribution is 4.99. The predicted octanol–water partition coefficient (Wildman–Crippen LogP) is -1.57. The Morgan fingerprint density at radius 1 is 0.833 bits per heavy atom. The number of hydrogen-bond donors (Lipinski definition) is 4. The molecule has 0 aromatic rings. The van der Waals surface area contributed by atoms with Crippen molar-refractivity contribution in [2.45, 2.75) is 37.1 Å². The van der Waals surface area contributed by atoms with Crippen molar-refractivity contribution in [1.29, 1.82) is 0 Å². The average Bonchev–Trinajstić information content (AvgIpc) is 2.59. The molecule has 2 aliphatic heterocycles. The maximum atomic E-state index is 9.55. The summed E-state index contributed by atoms with van der Waals surface area (Å²) in [7, 11) is 0. The Hall–Kier alpha value is -0.160. The van der Waals surface area contributed by atoms with Gasteiger partial charge < -0.3 is 20.8 Å². The highest BCUT2D eigenvalue weighted by atomic mass is 16.3. The highest BCUT2D eigenvalue weighted by Gasteiger charge is 2.38. The molecule has 12 heavy (non-hydrogen) atoms. The van der Waals surface area contributed by atoms with Crippen LogP contribution < -0.4 is 10.6 Å². The molecular formula is C8H16N2O2. The normalized spacial score (nSPS) is 48.5. The molecule has 0 amide bonds. The molecule has 2 heterocycles. The number of rotatable bonds is 1. The van der Waals surface area contributed by atoms with Crippen LogP contribution in [0.2, 0.25) is 0 Å². The lowest BCUT2D eigenvalue weighted by Gasteiger charge is -2.24. The van der Waals surface area contributed by atoms with Crippen LogP contribution in [-0.4, -0.2) is 47.6 Å². The molecule has 4 heteroatoms.